The van der Waals surface area contributed by atoms with E-state index in [1.54, 1.807) is 20.1 Å². The summed E-state index contributed by atoms with van der Waals surface area (Å²) in [6, 6.07) is -4.16. The maximum Gasteiger partial charge on any atom is 0.312 e. The zero-order chi connectivity index (χ0) is 71.5. The molecule has 0 aromatic rings. The second-order valence-electron chi connectivity index (χ2n) is 22.3. The van der Waals surface area contributed by atoms with Gasteiger partial charge in [0.1, 0.15) is 19.5 Å². The van der Waals surface area contributed by atoms with Crippen molar-refractivity contribution in [2.24, 2.45) is 23.3 Å². The maximum atomic E-state index is 12.8. The number of unbranched alkanes of at least 4 members (excludes halogenated alkanes) is 6. The third-order valence-electron chi connectivity index (χ3n) is 14.5. The molecule has 3 heterocycles. The number of primary amides is 2. The van der Waals surface area contributed by atoms with Crippen LogP contribution in [0.5, 0.6) is 0 Å². The minimum absolute atomic E-state index is 0. The standard InChI is InChI=1S/C23H39N5O6S.C14H28N4O3.C13H21NO3S.C11H17NO3S.4CH4/c1-14(2)20(21(32)26-16(15(3)29)9-8-11-25-23(24)34)27-18(30)10-6-5-7-12-28-19(31)13-17(35-4)22(28)33;1-5-16-12(9(2)3)13(20)18-11(10(4)19)7-6-8-17-14(15)21;1-3-10(15)7-5-4-6-8-14-12(16)9-11(18-2)13(14)17;1-16-9-8-10(14)12(11(9)15)6-4-2-3-5-7-13;;;;/h14,16-17,20H,5-13H2,1-4H3,(H,26,32)(H,27,30)(H3,24,25,34);9,11-12,16H,5-8H2,1-4H3,(H,18,20)(H3,15,17,21);11H,3-9H2,1-2H3;7,9H,2-6,8H2,1H3;4*1H4/t16-,17?,20-;11-,12-;;;;;;/m00....../s1/i3D;4D;1D;7D;;;;. The fraction of sp³-hybridized carbons (Fsp3) is 0.769. The molecule has 544 valence electrons. The van der Waals surface area contributed by atoms with Crippen LogP contribution in [0.15, 0.2) is 0 Å². The average Bonchev–Trinajstić information content (AvgIpc) is 1.69. The van der Waals surface area contributed by atoms with E-state index in [1.165, 1.54) is 50.0 Å². The molecular weight excluding hydrogens is 1270 g/mol. The SMILES string of the molecule is C.C.C.C.[2H]C(=O)CCCCCN1C(=O)CC(SC)C1=O.[2H]CC(=O)[C@H](CCCNC(N)=O)NC(=O)[C@@H](NC(=O)CCCCCN1C(=O)CC(SC)C1=O)C(C)C.[2H]CC(=O)[C@H](CCCNC(N)=O)NC(=O)[C@@H](NCC)C(C)C.[2H]CCC(=O)CCCCCN1C(=O)CC(SC)C1=O. The van der Waals surface area contributed by atoms with E-state index < -0.39 is 55.0 Å². The first-order valence-corrected chi connectivity index (χ1v) is 34.6. The van der Waals surface area contributed by atoms with Crippen LogP contribution in [0.2, 0.25) is 0 Å². The number of rotatable bonds is 41. The molecule has 3 fully saturated rings. The molecule has 0 saturated carbocycles. The number of nitrogens with two attached hydrogens (primary N) is 2. The van der Waals surface area contributed by atoms with Gasteiger partial charge in [-0.25, -0.2) is 9.59 Å². The molecule has 0 bridgehead atoms. The Morgan fingerprint density at radius 3 is 1.24 bits per heavy atom. The fourth-order valence-electron chi connectivity index (χ4n) is 9.30. The molecule has 0 radical (unpaired) electrons. The number of hydrogen-bond donors (Lipinski definition) is 8. The summed E-state index contributed by atoms with van der Waals surface area (Å²) in [4.78, 5) is 179. The van der Waals surface area contributed by atoms with Gasteiger partial charge >= 0.3 is 12.1 Å². The van der Waals surface area contributed by atoms with Gasteiger partial charge in [-0.15, -0.1) is 0 Å². The van der Waals surface area contributed by atoms with Gasteiger partial charge < -0.3 is 48.2 Å². The van der Waals surface area contributed by atoms with E-state index in [2.05, 4.69) is 31.9 Å². The van der Waals surface area contributed by atoms with Crippen LogP contribution < -0.4 is 43.4 Å². The van der Waals surface area contributed by atoms with Gasteiger partial charge in [-0.05, 0) is 115 Å². The van der Waals surface area contributed by atoms with Crippen molar-refractivity contribution >= 4 is 124 Å². The third kappa shape index (κ3) is 39.2. The molecule has 0 spiro atoms. The van der Waals surface area contributed by atoms with E-state index >= 15 is 0 Å². The van der Waals surface area contributed by atoms with Crippen molar-refractivity contribution in [3.05, 3.63) is 0 Å². The van der Waals surface area contributed by atoms with Crippen molar-refractivity contribution in [1.29, 1.82) is 0 Å². The number of nitrogens with one attached hydrogen (secondary N) is 6. The fourth-order valence-corrected chi connectivity index (χ4v) is 11.2. The highest BCUT2D eigenvalue weighted by molar-refractivity contribution is 8.00. The lowest BCUT2D eigenvalue weighted by Gasteiger charge is -2.24. The first-order valence-electron chi connectivity index (χ1n) is 33.4. The lowest BCUT2D eigenvalue weighted by molar-refractivity contribution is -0.139. The van der Waals surface area contributed by atoms with Crippen molar-refractivity contribution in [3.63, 3.8) is 0 Å². The monoisotopic (exact) mass is 1400 g/mol. The van der Waals surface area contributed by atoms with E-state index in [9.17, 15) is 71.9 Å². The number of carbonyl (C=O) groups is 15. The molecular formula is C65H121N11O15S3. The summed E-state index contributed by atoms with van der Waals surface area (Å²) in [5.41, 5.74) is 9.97. The highest BCUT2D eigenvalue weighted by Gasteiger charge is 2.39. The van der Waals surface area contributed by atoms with Gasteiger partial charge in [0.25, 0.3) is 0 Å². The van der Waals surface area contributed by atoms with Crippen molar-refractivity contribution in [3.8, 4) is 0 Å². The molecule has 10 N–H and O–H groups in total. The number of imide groups is 3. The maximum absolute atomic E-state index is 12.8. The number of thioether (sulfide) groups is 3. The molecule has 3 saturated heterocycles. The van der Waals surface area contributed by atoms with Gasteiger partial charge in [-0.3, -0.25) is 72.2 Å². The Morgan fingerprint density at radius 1 is 0.553 bits per heavy atom. The summed E-state index contributed by atoms with van der Waals surface area (Å²) in [7, 11) is 0. The summed E-state index contributed by atoms with van der Waals surface area (Å²) in [6.45, 7) is 11.0. The van der Waals surface area contributed by atoms with E-state index in [-0.39, 0.29) is 168 Å². The van der Waals surface area contributed by atoms with Gasteiger partial charge in [0, 0.05) is 81.8 Å². The number of ketones is 3. The molecule has 0 aromatic carbocycles. The van der Waals surface area contributed by atoms with E-state index in [0.29, 0.717) is 110 Å². The highest BCUT2D eigenvalue weighted by Crippen LogP contribution is 2.26. The molecule has 94 heavy (non-hydrogen) atoms. The van der Waals surface area contributed by atoms with Crippen molar-refractivity contribution < 1.29 is 77.4 Å². The predicted molar refractivity (Wildman–Crippen MR) is 378 cm³/mol. The molecule has 3 rings (SSSR count). The lowest BCUT2D eigenvalue weighted by Crippen LogP contribution is -2.53. The Bertz CT molecular complexity index is 2500. The van der Waals surface area contributed by atoms with Crippen molar-refractivity contribution in [1.82, 2.24) is 46.6 Å². The molecule has 26 nitrogen and oxygen atoms in total. The predicted octanol–water partition coefficient (Wildman–Crippen LogP) is 6.64. The molecule has 3 aliphatic heterocycles. The lowest BCUT2D eigenvalue weighted by atomic mass is 10.0. The Labute approximate surface area is 580 Å². The Kier molecular flexibility index (Phi) is 51.7. The first-order chi connectivity index (χ1) is 44.5. The average molecular weight is 1400 g/mol. The van der Waals surface area contributed by atoms with Crippen LogP contribution in [0.25, 0.3) is 0 Å². The molecule has 13 amide bonds. The quantitative estimate of drug-likeness (QED) is 0.0181. The van der Waals surface area contributed by atoms with Gasteiger partial charge in [0.2, 0.25) is 53.2 Å². The minimum Gasteiger partial charge on any atom is -0.352 e. The first kappa shape index (κ1) is 88.1. The van der Waals surface area contributed by atoms with Crippen LogP contribution in [-0.2, 0) is 62.3 Å². The summed E-state index contributed by atoms with van der Waals surface area (Å²) in [6.07, 6.45) is 14.8. The van der Waals surface area contributed by atoms with Crippen LogP contribution in [0.1, 0.15) is 219 Å². The molecule has 29 heteroatoms. The number of likely N-dealkylation sites (N-methyl/N-ethyl adjacent to an activating group) is 1. The van der Waals surface area contributed by atoms with Crippen LogP contribution in [0, 0.1) is 11.8 Å². The van der Waals surface area contributed by atoms with Crippen LogP contribution in [-0.4, -0.2) is 201 Å². The van der Waals surface area contributed by atoms with Gasteiger partial charge in [-0.1, -0.05) is 90.5 Å². The minimum atomic E-state index is -0.899. The molecule has 0 aliphatic carbocycles. The van der Waals surface area contributed by atoms with Gasteiger partial charge in [0.15, 0.2) is 11.6 Å². The number of urea groups is 2. The van der Waals surface area contributed by atoms with Crippen molar-refractivity contribution in [2.45, 2.75) is 253 Å². The number of likely N-dealkylation sites (tertiary alicyclic amines) is 3. The second kappa shape index (κ2) is 55.2. The van der Waals surface area contributed by atoms with Crippen LogP contribution in [0.3, 0.4) is 0 Å². The summed E-state index contributed by atoms with van der Waals surface area (Å²) in [5.74, 6) is -2.52. The topological polar surface area (TPSA) is 390 Å². The van der Waals surface area contributed by atoms with Gasteiger partial charge in [-0.2, -0.15) is 35.3 Å². The Morgan fingerprint density at radius 2 is 0.926 bits per heavy atom. The molecule has 0 aromatic heterocycles. The van der Waals surface area contributed by atoms with Crippen LogP contribution >= 0.6 is 35.3 Å². The second-order valence-corrected chi connectivity index (χ2v) is 25.4. The number of Topliss-reactive ketones (excluding diaryl/α,β-unsaturated/α-hetero) is 3. The summed E-state index contributed by atoms with van der Waals surface area (Å²) < 4.78 is 28.2. The summed E-state index contributed by atoms with van der Waals surface area (Å²) in [5, 5.41) is 15.3. The van der Waals surface area contributed by atoms with E-state index in [0.717, 1.165) is 25.7 Å². The molecule has 3 aliphatic rings. The van der Waals surface area contributed by atoms with Gasteiger partial charge in [0.05, 0.1) is 33.9 Å². The van der Waals surface area contributed by atoms with E-state index in [4.69, 9.17) is 17.0 Å². The number of amides is 13. The Hall–Kier alpha value is -5.94. The smallest absolute Gasteiger partial charge is 0.312 e. The third-order valence-corrected chi connectivity index (χ3v) is 17.3. The number of nitrogens with zero attached hydrogens (tertiary/aromatic N) is 3. The zero-order valence-electron chi connectivity index (χ0n) is 58.0. The molecule has 3 unspecified atom stereocenters. The van der Waals surface area contributed by atoms with Crippen molar-refractivity contribution in [2.75, 3.05) is 58.0 Å². The van der Waals surface area contributed by atoms with Crippen LogP contribution in [0.4, 0.5) is 9.59 Å². The van der Waals surface area contributed by atoms with E-state index in [1.807, 2.05) is 33.3 Å². The Balaban J connectivity index is -0.000000405. The number of carbonyl (C=O) groups excluding carboxylic acids is 15. The largest absolute Gasteiger partial charge is 0.352 e. The zero-order valence-corrected chi connectivity index (χ0v) is 56.5. The summed E-state index contributed by atoms with van der Waals surface area (Å²) >= 11 is 4.21. The normalized spacial score (nSPS) is 17.3. The number of hydrogen-bond acceptors (Lipinski definition) is 19. The molecule has 7 atom stereocenters. The highest BCUT2D eigenvalue weighted by atomic mass is 32.2. The number of aldehydes is 1.